The molecule has 0 fully saturated rings. The van der Waals surface area contributed by atoms with Crippen LogP contribution in [0.4, 0.5) is 8.78 Å². The van der Waals surface area contributed by atoms with E-state index in [1.54, 1.807) is 0 Å². The number of alkyl halides is 2. The van der Waals surface area contributed by atoms with E-state index in [-0.39, 0.29) is 18.6 Å². The Labute approximate surface area is 120 Å². The Kier molecular flexibility index (Phi) is 5.49. The lowest BCUT2D eigenvalue weighted by atomic mass is 9.95. The van der Waals surface area contributed by atoms with Crippen molar-refractivity contribution >= 4 is 0 Å². The number of fused-ring (bicyclic) bond motifs is 1. The van der Waals surface area contributed by atoms with Gasteiger partial charge in [0, 0.05) is 12.1 Å². The average Bonchev–Trinajstić information content (AvgIpc) is 2.59. The summed E-state index contributed by atoms with van der Waals surface area (Å²) in [5, 5.41) is 3.50. The maximum atomic E-state index is 12.7. The smallest absolute Gasteiger partial charge is 0.251 e. The highest BCUT2D eigenvalue weighted by Crippen LogP contribution is 2.31. The summed E-state index contributed by atoms with van der Waals surface area (Å²) in [6, 6.07) is 8.67. The lowest BCUT2D eigenvalue weighted by Crippen LogP contribution is -2.44. The molecule has 0 aromatic heterocycles. The lowest BCUT2D eigenvalue weighted by Gasteiger charge is -2.34. The molecule has 1 aromatic carbocycles. The van der Waals surface area contributed by atoms with Crippen molar-refractivity contribution in [3.05, 3.63) is 35.4 Å². The molecule has 2 nitrogen and oxygen atoms in total. The van der Waals surface area contributed by atoms with Gasteiger partial charge in [-0.1, -0.05) is 31.2 Å². The van der Waals surface area contributed by atoms with Crippen LogP contribution in [0, 0.1) is 0 Å². The van der Waals surface area contributed by atoms with E-state index < -0.39 is 6.43 Å². The average molecular weight is 282 g/mol. The van der Waals surface area contributed by atoms with Crippen LogP contribution >= 0.6 is 0 Å². The largest absolute Gasteiger partial charge is 0.309 e. The molecule has 20 heavy (non-hydrogen) atoms. The first-order valence-electron chi connectivity index (χ1n) is 7.43. The second-order valence-corrected chi connectivity index (χ2v) is 5.52. The van der Waals surface area contributed by atoms with Gasteiger partial charge in [-0.15, -0.1) is 0 Å². The van der Waals surface area contributed by atoms with Gasteiger partial charge >= 0.3 is 0 Å². The molecule has 4 heteroatoms. The first kappa shape index (κ1) is 15.4. The molecule has 0 saturated carbocycles. The summed E-state index contributed by atoms with van der Waals surface area (Å²) in [6.07, 6.45) is 0.768. The number of hydrogen-bond donors (Lipinski definition) is 1. The highest BCUT2D eigenvalue weighted by molar-refractivity contribution is 5.32. The van der Waals surface area contributed by atoms with Crippen molar-refractivity contribution in [2.24, 2.45) is 0 Å². The van der Waals surface area contributed by atoms with E-state index in [9.17, 15) is 8.78 Å². The van der Waals surface area contributed by atoms with Gasteiger partial charge in [0.05, 0.1) is 6.54 Å². The first-order valence-corrected chi connectivity index (χ1v) is 7.43. The monoisotopic (exact) mass is 282 g/mol. The molecule has 1 aromatic rings. The molecule has 0 saturated heterocycles. The molecule has 1 aliphatic carbocycles. The standard InChI is InChI=1S/C16H24F2N2/c1-3-19-16-13-9-5-4-7-12(13)8-6-10-14(16)20(2)11-15(17)18/h4-5,7,9,14-16,19H,3,6,8,10-11H2,1-2H3. The molecule has 1 aliphatic rings. The van der Waals surface area contributed by atoms with Gasteiger partial charge in [-0.2, -0.15) is 0 Å². The predicted molar refractivity (Wildman–Crippen MR) is 78.2 cm³/mol. The fourth-order valence-electron chi connectivity index (χ4n) is 3.23. The Hall–Kier alpha value is -1.00. The maximum absolute atomic E-state index is 12.7. The van der Waals surface area contributed by atoms with Gasteiger partial charge in [0.1, 0.15) is 0 Å². The van der Waals surface area contributed by atoms with Crippen molar-refractivity contribution in [1.82, 2.24) is 10.2 Å². The molecule has 0 bridgehead atoms. The first-order chi connectivity index (χ1) is 9.63. The minimum atomic E-state index is -2.28. The number of aryl methyl sites for hydroxylation is 1. The SMILES string of the molecule is CCNC1c2ccccc2CCCC1N(C)CC(F)F. The van der Waals surface area contributed by atoms with Crippen LogP contribution in [0.1, 0.15) is 36.9 Å². The summed E-state index contributed by atoms with van der Waals surface area (Å²) < 4.78 is 25.4. The number of nitrogens with one attached hydrogen (secondary N) is 1. The predicted octanol–water partition coefficient (Wildman–Crippen LogP) is 3.24. The number of halogens is 2. The summed E-state index contributed by atoms with van der Waals surface area (Å²) in [5.41, 5.74) is 2.63. The fourth-order valence-corrected chi connectivity index (χ4v) is 3.23. The minimum Gasteiger partial charge on any atom is -0.309 e. The Morgan fingerprint density at radius 2 is 2.10 bits per heavy atom. The van der Waals surface area contributed by atoms with Crippen molar-refractivity contribution in [1.29, 1.82) is 0 Å². The molecule has 2 rings (SSSR count). The van der Waals surface area contributed by atoms with Crippen LogP contribution in [-0.2, 0) is 6.42 Å². The number of nitrogens with zero attached hydrogens (tertiary/aromatic N) is 1. The Morgan fingerprint density at radius 1 is 1.35 bits per heavy atom. The maximum Gasteiger partial charge on any atom is 0.251 e. The highest BCUT2D eigenvalue weighted by Gasteiger charge is 2.30. The van der Waals surface area contributed by atoms with Crippen molar-refractivity contribution in [3.8, 4) is 0 Å². The summed E-state index contributed by atoms with van der Waals surface area (Å²) >= 11 is 0. The van der Waals surface area contributed by atoms with E-state index in [4.69, 9.17) is 0 Å². The van der Waals surface area contributed by atoms with E-state index in [1.807, 2.05) is 18.0 Å². The summed E-state index contributed by atoms with van der Waals surface area (Å²) in [7, 11) is 1.81. The molecule has 0 radical (unpaired) electrons. The number of hydrogen-bond acceptors (Lipinski definition) is 2. The molecule has 0 heterocycles. The van der Waals surface area contributed by atoms with Crippen LogP contribution in [0.15, 0.2) is 24.3 Å². The number of benzene rings is 1. The van der Waals surface area contributed by atoms with Crippen molar-refractivity contribution in [2.75, 3.05) is 20.1 Å². The van der Waals surface area contributed by atoms with E-state index in [0.29, 0.717) is 0 Å². The Balaban J connectivity index is 2.27. The van der Waals surface area contributed by atoms with Crippen LogP contribution in [0.5, 0.6) is 0 Å². The molecule has 0 aliphatic heterocycles. The Morgan fingerprint density at radius 3 is 2.80 bits per heavy atom. The zero-order chi connectivity index (χ0) is 14.5. The van der Waals surface area contributed by atoms with Gasteiger partial charge in [0.2, 0.25) is 0 Å². The fraction of sp³-hybridized carbons (Fsp3) is 0.625. The Bertz CT molecular complexity index is 423. The minimum absolute atomic E-state index is 0.132. The number of rotatable bonds is 5. The molecular formula is C16H24F2N2. The highest BCUT2D eigenvalue weighted by atomic mass is 19.3. The van der Waals surface area contributed by atoms with Crippen LogP contribution in [-0.4, -0.2) is 37.5 Å². The van der Waals surface area contributed by atoms with E-state index in [0.717, 1.165) is 25.8 Å². The molecule has 2 atom stereocenters. The molecule has 0 amide bonds. The van der Waals surface area contributed by atoms with Crippen molar-refractivity contribution < 1.29 is 8.78 Å². The zero-order valence-electron chi connectivity index (χ0n) is 12.3. The van der Waals surface area contributed by atoms with Gasteiger partial charge in [0.15, 0.2) is 0 Å². The van der Waals surface area contributed by atoms with Crippen LogP contribution in [0.2, 0.25) is 0 Å². The van der Waals surface area contributed by atoms with Crippen molar-refractivity contribution in [2.45, 2.75) is 44.7 Å². The summed E-state index contributed by atoms with van der Waals surface area (Å²) in [4.78, 5) is 1.82. The van der Waals surface area contributed by atoms with Crippen LogP contribution in [0.25, 0.3) is 0 Å². The molecule has 1 N–H and O–H groups in total. The summed E-state index contributed by atoms with van der Waals surface area (Å²) in [5.74, 6) is 0. The second kappa shape index (κ2) is 7.14. The third-order valence-electron chi connectivity index (χ3n) is 4.14. The van der Waals surface area contributed by atoms with Crippen molar-refractivity contribution in [3.63, 3.8) is 0 Å². The van der Waals surface area contributed by atoms with E-state index in [2.05, 4.69) is 30.4 Å². The van der Waals surface area contributed by atoms with Gasteiger partial charge in [0.25, 0.3) is 6.43 Å². The molecule has 0 spiro atoms. The van der Waals surface area contributed by atoms with Gasteiger partial charge in [-0.3, -0.25) is 4.90 Å². The normalized spacial score (nSPS) is 22.9. The third kappa shape index (κ3) is 3.55. The van der Waals surface area contributed by atoms with Crippen LogP contribution in [0.3, 0.4) is 0 Å². The van der Waals surface area contributed by atoms with E-state index >= 15 is 0 Å². The zero-order valence-corrected chi connectivity index (χ0v) is 12.3. The lowest BCUT2D eigenvalue weighted by molar-refractivity contribution is 0.0678. The van der Waals surface area contributed by atoms with Crippen LogP contribution < -0.4 is 5.32 Å². The van der Waals surface area contributed by atoms with Gasteiger partial charge in [-0.05, 0) is 44.0 Å². The van der Waals surface area contributed by atoms with Gasteiger partial charge < -0.3 is 5.32 Å². The quantitative estimate of drug-likeness (QED) is 0.834. The summed E-state index contributed by atoms with van der Waals surface area (Å²) in [6.45, 7) is 2.75. The second-order valence-electron chi connectivity index (χ2n) is 5.52. The molecular weight excluding hydrogens is 258 g/mol. The topological polar surface area (TPSA) is 15.3 Å². The third-order valence-corrected chi connectivity index (χ3v) is 4.14. The molecule has 112 valence electrons. The molecule has 2 unspecified atom stereocenters. The van der Waals surface area contributed by atoms with E-state index in [1.165, 1.54) is 11.1 Å². The number of likely N-dealkylation sites (N-methyl/N-ethyl adjacent to an activating group) is 2. The van der Waals surface area contributed by atoms with Gasteiger partial charge in [-0.25, -0.2) is 8.78 Å².